The van der Waals surface area contributed by atoms with Crippen molar-refractivity contribution in [3.63, 3.8) is 0 Å². The highest BCUT2D eigenvalue weighted by atomic mass is 79.9. The van der Waals surface area contributed by atoms with Crippen molar-refractivity contribution in [3.05, 3.63) is 38.8 Å². The second-order valence-electron chi connectivity index (χ2n) is 4.27. The van der Waals surface area contributed by atoms with Gasteiger partial charge in [0.05, 0.1) is 23.5 Å². The van der Waals surface area contributed by atoms with Crippen LogP contribution in [0, 0.1) is 0 Å². The van der Waals surface area contributed by atoms with Gasteiger partial charge in [-0.05, 0) is 46.1 Å². The molecule has 0 aliphatic carbocycles. The number of nitrogens with two attached hydrogens (primary N) is 1. The van der Waals surface area contributed by atoms with Crippen molar-refractivity contribution in [2.24, 2.45) is 5.10 Å². The molecule has 0 aliphatic heterocycles. The largest absolute Gasteiger partial charge is 0.496 e. The van der Waals surface area contributed by atoms with E-state index in [1.165, 1.54) is 0 Å². The number of aryl methyl sites for hydroxylation is 1. The van der Waals surface area contributed by atoms with Crippen LogP contribution in [0.25, 0.3) is 0 Å². The number of thiazole rings is 1. The molecule has 22 heavy (non-hydrogen) atoms. The van der Waals surface area contributed by atoms with Crippen LogP contribution >= 0.6 is 27.3 Å². The molecule has 1 heterocycles. The predicted molar refractivity (Wildman–Crippen MR) is 91.7 cm³/mol. The Kier molecular flexibility index (Phi) is 5.51. The molecule has 0 bridgehead atoms. The van der Waals surface area contributed by atoms with Gasteiger partial charge in [0.25, 0.3) is 5.91 Å². The van der Waals surface area contributed by atoms with Gasteiger partial charge in [0.15, 0.2) is 5.13 Å². The molecule has 1 aromatic carbocycles. The van der Waals surface area contributed by atoms with Crippen LogP contribution in [0.4, 0.5) is 5.13 Å². The Morgan fingerprint density at radius 2 is 2.36 bits per heavy atom. The minimum Gasteiger partial charge on any atom is -0.496 e. The summed E-state index contributed by atoms with van der Waals surface area (Å²) in [6.07, 6.45) is 2.20. The van der Waals surface area contributed by atoms with Crippen LogP contribution < -0.4 is 15.9 Å². The van der Waals surface area contributed by atoms with Crippen molar-refractivity contribution in [2.45, 2.75) is 13.3 Å². The van der Waals surface area contributed by atoms with Crippen LogP contribution in [-0.4, -0.2) is 24.2 Å². The second-order valence-corrected chi connectivity index (χ2v) is 6.16. The van der Waals surface area contributed by atoms with E-state index in [0.717, 1.165) is 27.1 Å². The summed E-state index contributed by atoms with van der Waals surface area (Å²) >= 11 is 4.55. The molecule has 1 aromatic heterocycles. The van der Waals surface area contributed by atoms with Crippen LogP contribution in [0.1, 0.15) is 27.9 Å². The van der Waals surface area contributed by atoms with Crippen molar-refractivity contribution >= 4 is 44.5 Å². The van der Waals surface area contributed by atoms with Crippen molar-refractivity contribution in [1.82, 2.24) is 10.4 Å². The van der Waals surface area contributed by atoms with E-state index >= 15 is 0 Å². The molecule has 0 radical (unpaired) electrons. The number of hydrazone groups is 1. The zero-order chi connectivity index (χ0) is 16.1. The van der Waals surface area contributed by atoms with Gasteiger partial charge in [0.2, 0.25) is 0 Å². The number of aromatic nitrogens is 1. The van der Waals surface area contributed by atoms with Crippen LogP contribution in [0.3, 0.4) is 0 Å². The van der Waals surface area contributed by atoms with E-state index in [-0.39, 0.29) is 5.91 Å². The zero-order valence-corrected chi connectivity index (χ0v) is 14.5. The number of nitrogens with zero attached hydrogens (tertiary/aromatic N) is 2. The van der Waals surface area contributed by atoms with Gasteiger partial charge in [-0.2, -0.15) is 5.10 Å². The first kappa shape index (κ1) is 16.4. The number of hydrogen-bond acceptors (Lipinski definition) is 6. The quantitative estimate of drug-likeness (QED) is 0.614. The molecule has 0 spiro atoms. The number of amides is 1. The molecule has 0 aliphatic rings. The topological polar surface area (TPSA) is 89.6 Å². The van der Waals surface area contributed by atoms with E-state index in [4.69, 9.17) is 10.5 Å². The SMILES string of the molecule is CCc1nc(N)sc1C(=O)N/N=C\c1ccc(OC)c(Br)c1. The highest BCUT2D eigenvalue weighted by Gasteiger charge is 2.15. The van der Waals surface area contributed by atoms with Gasteiger partial charge in [-0.3, -0.25) is 4.79 Å². The molecule has 3 N–H and O–H groups in total. The maximum atomic E-state index is 12.1. The number of ether oxygens (including phenoxy) is 1. The second kappa shape index (κ2) is 7.37. The van der Waals surface area contributed by atoms with Crippen molar-refractivity contribution < 1.29 is 9.53 Å². The van der Waals surface area contributed by atoms with Gasteiger partial charge >= 0.3 is 0 Å². The molecule has 0 fully saturated rings. The summed E-state index contributed by atoms with van der Waals surface area (Å²) in [5, 5.41) is 4.33. The van der Waals surface area contributed by atoms with Gasteiger partial charge in [0, 0.05) is 0 Å². The van der Waals surface area contributed by atoms with E-state index in [0.29, 0.717) is 22.1 Å². The smallest absolute Gasteiger partial charge is 0.283 e. The minimum absolute atomic E-state index is 0.310. The number of rotatable bonds is 5. The average molecular weight is 383 g/mol. The van der Waals surface area contributed by atoms with E-state index in [2.05, 4.69) is 31.4 Å². The van der Waals surface area contributed by atoms with Crippen LogP contribution in [0.5, 0.6) is 5.75 Å². The Morgan fingerprint density at radius 1 is 1.59 bits per heavy atom. The third-order valence-corrected chi connectivity index (χ3v) is 4.36. The van der Waals surface area contributed by atoms with Gasteiger partial charge in [-0.1, -0.05) is 18.3 Å². The third-order valence-electron chi connectivity index (χ3n) is 2.81. The predicted octanol–water partition coefficient (Wildman–Crippen LogP) is 2.82. The molecular weight excluding hydrogens is 368 g/mol. The summed E-state index contributed by atoms with van der Waals surface area (Å²) in [7, 11) is 1.60. The number of anilines is 1. The van der Waals surface area contributed by atoms with E-state index < -0.39 is 0 Å². The molecule has 1 amide bonds. The van der Waals surface area contributed by atoms with Gasteiger partial charge < -0.3 is 10.5 Å². The average Bonchev–Trinajstić information content (AvgIpc) is 2.88. The minimum atomic E-state index is -0.310. The lowest BCUT2D eigenvalue weighted by Gasteiger charge is -2.03. The first-order valence-electron chi connectivity index (χ1n) is 6.47. The molecule has 0 unspecified atom stereocenters. The first-order valence-corrected chi connectivity index (χ1v) is 8.08. The summed E-state index contributed by atoms with van der Waals surface area (Å²) in [5.41, 5.74) is 9.62. The Balaban J connectivity index is 2.05. The van der Waals surface area contributed by atoms with E-state index in [9.17, 15) is 4.79 Å². The Bertz CT molecular complexity index is 715. The van der Waals surface area contributed by atoms with Gasteiger partial charge in [-0.25, -0.2) is 10.4 Å². The van der Waals surface area contributed by atoms with Gasteiger partial charge in [0.1, 0.15) is 10.6 Å². The van der Waals surface area contributed by atoms with Crippen molar-refractivity contribution in [3.8, 4) is 5.75 Å². The van der Waals surface area contributed by atoms with E-state index in [1.54, 1.807) is 13.3 Å². The molecule has 0 atom stereocenters. The fourth-order valence-corrected chi connectivity index (χ4v) is 3.14. The third kappa shape index (κ3) is 3.83. The summed E-state index contributed by atoms with van der Waals surface area (Å²) in [5.74, 6) is 0.420. The maximum absolute atomic E-state index is 12.1. The highest BCUT2D eigenvalue weighted by Crippen LogP contribution is 2.25. The first-order chi connectivity index (χ1) is 10.5. The number of nitrogens with one attached hydrogen (secondary N) is 1. The normalized spacial score (nSPS) is 10.9. The highest BCUT2D eigenvalue weighted by molar-refractivity contribution is 9.10. The summed E-state index contributed by atoms with van der Waals surface area (Å²) in [4.78, 5) is 16.7. The fourth-order valence-electron chi connectivity index (χ4n) is 1.77. The van der Waals surface area contributed by atoms with Crippen LogP contribution in [0.2, 0.25) is 0 Å². The molecular formula is C14H15BrN4O2S. The van der Waals surface area contributed by atoms with Crippen molar-refractivity contribution in [2.75, 3.05) is 12.8 Å². The number of benzene rings is 1. The van der Waals surface area contributed by atoms with Crippen LogP contribution in [0.15, 0.2) is 27.8 Å². The molecule has 6 nitrogen and oxygen atoms in total. The number of nitrogen functional groups attached to an aromatic ring is 1. The Labute approximate surface area is 140 Å². The lowest BCUT2D eigenvalue weighted by Crippen LogP contribution is -2.17. The van der Waals surface area contributed by atoms with Crippen LogP contribution in [-0.2, 0) is 6.42 Å². The van der Waals surface area contributed by atoms with Gasteiger partial charge in [-0.15, -0.1) is 0 Å². The lowest BCUT2D eigenvalue weighted by molar-refractivity contribution is 0.0958. The lowest BCUT2D eigenvalue weighted by atomic mass is 10.2. The molecule has 2 rings (SSSR count). The number of halogens is 1. The summed E-state index contributed by atoms with van der Waals surface area (Å²) in [6.45, 7) is 1.92. The molecule has 0 saturated heterocycles. The monoisotopic (exact) mass is 382 g/mol. The number of carbonyl (C=O) groups excluding carboxylic acids is 1. The summed E-state index contributed by atoms with van der Waals surface area (Å²) in [6, 6.07) is 5.49. The number of methoxy groups -OCH3 is 1. The number of carbonyl (C=O) groups is 1. The standard InChI is InChI=1S/C14H15BrN4O2S/c1-3-10-12(22-14(16)18-10)13(20)19-17-7-8-4-5-11(21-2)9(15)6-8/h4-7H,3H2,1-2H3,(H2,16,18)(H,19,20)/b17-7-. The van der Waals surface area contributed by atoms with E-state index in [1.807, 2.05) is 25.1 Å². The molecule has 116 valence electrons. The Morgan fingerprint density at radius 3 is 3.00 bits per heavy atom. The molecule has 2 aromatic rings. The molecule has 0 saturated carbocycles. The maximum Gasteiger partial charge on any atom is 0.283 e. The number of hydrogen-bond donors (Lipinski definition) is 2. The van der Waals surface area contributed by atoms with Crippen molar-refractivity contribution in [1.29, 1.82) is 0 Å². The Hall–Kier alpha value is -1.93. The fraction of sp³-hybridized carbons (Fsp3) is 0.214. The molecule has 8 heteroatoms. The zero-order valence-electron chi connectivity index (χ0n) is 12.1. The summed E-state index contributed by atoms with van der Waals surface area (Å²) < 4.78 is 5.96.